The molecule has 174 valence electrons. The summed E-state index contributed by atoms with van der Waals surface area (Å²) in [5.41, 5.74) is 0. The predicted molar refractivity (Wildman–Crippen MR) is 127 cm³/mol. The number of nitrogens with zero attached hydrogens (tertiary/aromatic N) is 1. The SMILES string of the molecule is CCCCCCCCCC/C=C\CCCCCOP(=O)(O)C(CCC)[N+](C)(C)C. The molecule has 0 spiro atoms. The van der Waals surface area contributed by atoms with Crippen molar-refractivity contribution in [1.29, 1.82) is 0 Å². The second kappa shape index (κ2) is 17.5. The van der Waals surface area contributed by atoms with Crippen LogP contribution < -0.4 is 0 Å². The molecular weight excluding hydrogens is 381 g/mol. The molecule has 2 atom stereocenters. The minimum Gasteiger partial charge on any atom is -0.320 e. The zero-order chi connectivity index (χ0) is 22.0. The summed E-state index contributed by atoms with van der Waals surface area (Å²) in [5, 5.41) is 0. The molecule has 0 aliphatic rings. The van der Waals surface area contributed by atoms with Crippen molar-refractivity contribution in [2.24, 2.45) is 0 Å². The molecule has 0 saturated heterocycles. The van der Waals surface area contributed by atoms with Gasteiger partial charge in [-0.15, -0.1) is 0 Å². The van der Waals surface area contributed by atoms with E-state index in [1.54, 1.807) is 0 Å². The summed E-state index contributed by atoms with van der Waals surface area (Å²) in [6.07, 6.45) is 22.6. The Morgan fingerprint density at radius 2 is 1.28 bits per heavy atom. The third kappa shape index (κ3) is 16.2. The van der Waals surface area contributed by atoms with Gasteiger partial charge in [-0.1, -0.05) is 77.4 Å². The molecule has 0 aromatic carbocycles. The molecule has 0 bridgehead atoms. The molecule has 4 nitrogen and oxygen atoms in total. The summed E-state index contributed by atoms with van der Waals surface area (Å²) in [6, 6.07) is 0. The lowest BCUT2D eigenvalue weighted by molar-refractivity contribution is -0.883. The van der Waals surface area contributed by atoms with Crippen molar-refractivity contribution in [3.63, 3.8) is 0 Å². The largest absolute Gasteiger partial charge is 0.385 e. The van der Waals surface area contributed by atoms with E-state index in [4.69, 9.17) is 4.52 Å². The van der Waals surface area contributed by atoms with E-state index in [1.165, 1.54) is 57.8 Å². The van der Waals surface area contributed by atoms with E-state index in [1.807, 2.05) is 28.1 Å². The van der Waals surface area contributed by atoms with Crippen LogP contribution in [-0.2, 0) is 9.09 Å². The number of rotatable bonds is 20. The van der Waals surface area contributed by atoms with Crippen LogP contribution in [0.2, 0.25) is 0 Å². The first-order chi connectivity index (χ1) is 13.8. The van der Waals surface area contributed by atoms with Gasteiger partial charge in [0.05, 0.1) is 27.7 Å². The van der Waals surface area contributed by atoms with E-state index in [2.05, 4.69) is 19.1 Å². The van der Waals surface area contributed by atoms with Crippen molar-refractivity contribution in [1.82, 2.24) is 0 Å². The fourth-order valence-corrected chi connectivity index (χ4v) is 5.72. The third-order valence-electron chi connectivity index (χ3n) is 5.50. The first-order valence-electron chi connectivity index (χ1n) is 12.2. The van der Waals surface area contributed by atoms with Crippen molar-refractivity contribution in [2.75, 3.05) is 27.7 Å². The lowest BCUT2D eigenvalue weighted by Crippen LogP contribution is -2.45. The van der Waals surface area contributed by atoms with Gasteiger partial charge in [0.2, 0.25) is 0 Å². The van der Waals surface area contributed by atoms with Crippen LogP contribution >= 0.6 is 7.60 Å². The lowest BCUT2D eigenvalue weighted by Gasteiger charge is -2.35. The van der Waals surface area contributed by atoms with E-state index >= 15 is 0 Å². The van der Waals surface area contributed by atoms with Gasteiger partial charge in [-0.05, 0) is 38.5 Å². The van der Waals surface area contributed by atoms with E-state index in [0.717, 1.165) is 32.1 Å². The van der Waals surface area contributed by atoms with Gasteiger partial charge in [0.25, 0.3) is 0 Å². The second-order valence-corrected chi connectivity index (χ2v) is 11.3. The Morgan fingerprint density at radius 1 is 0.793 bits per heavy atom. The zero-order valence-corrected chi connectivity index (χ0v) is 21.1. The van der Waals surface area contributed by atoms with Gasteiger partial charge < -0.3 is 13.9 Å². The van der Waals surface area contributed by atoms with Crippen LogP contribution in [0, 0.1) is 0 Å². The van der Waals surface area contributed by atoms with Crippen LogP contribution in [0.1, 0.15) is 110 Å². The molecule has 0 fully saturated rings. The maximum Gasteiger partial charge on any atom is 0.385 e. The van der Waals surface area contributed by atoms with Gasteiger partial charge in [0.1, 0.15) is 0 Å². The monoisotopic (exact) mass is 432 g/mol. The highest BCUT2D eigenvalue weighted by Crippen LogP contribution is 2.51. The standard InChI is InChI=1S/C24H50NO3P/c1-6-8-9-10-11-12-13-14-15-16-17-18-19-20-21-23-28-29(26,27)24(22-7-2)25(3,4)5/h16-17,24H,6-15,18-23H2,1-5H3/p+1/b17-16-. The number of unbranched alkanes of at least 4 members (excludes halogenated alkanes) is 11. The molecule has 0 heterocycles. The third-order valence-corrected chi connectivity index (χ3v) is 7.76. The Hall–Kier alpha value is -0.150. The molecule has 29 heavy (non-hydrogen) atoms. The average Bonchev–Trinajstić information content (AvgIpc) is 2.64. The van der Waals surface area contributed by atoms with Crippen molar-refractivity contribution in [3.8, 4) is 0 Å². The molecule has 0 saturated carbocycles. The maximum atomic E-state index is 12.6. The second-order valence-electron chi connectivity index (χ2n) is 9.37. The molecule has 0 aromatic heterocycles. The minimum atomic E-state index is -3.57. The molecule has 0 aromatic rings. The van der Waals surface area contributed by atoms with E-state index in [-0.39, 0.29) is 5.78 Å². The van der Waals surface area contributed by atoms with Crippen LogP contribution in [0.25, 0.3) is 0 Å². The average molecular weight is 433 g/mol. The summed E-state index contributed by atoms with van der Waals surface area (Å²) in [6.45, 7) is 4.70. The molecule has 0 aliphatic heterocycles. The lowest BCUT2D eigenvalue weighted by atomic mass is 10.1. The molecule has 2 unspecified atom stereocenters. The first-order valence-corrected chi connectivity index (χ1v) is 13.8. The van der Waals surface area contributed by atoms with Gasteiger partial charge in [-0.25, -0.2) is 0 Å². The summed E-state index contributed by atoms with van der Waals surface area (Å²) < 4.78 is 18.5. The number of allylic oxidation sites excluding steroid dienone is 2. The molecule has 0 radical (unpaired) electrons. The first kappa shape index (κ1) is 28.9. The highest BCUT2D eigenvalue weighted by molar-refractivity contribution is 7.53. The van der Waals surface area contributed by atoms with Crippen LogP contribution in [0.15, 0.2) is 12.2 Å². The van der Waals surface area contributed by atoms with Crippen molar-refractivity contribution >= 4 is 7.60 Å². The Bertz CT molecular complexity index is 446. The van der Waals surface area contributed by atoms with Crippen LogP contribution in [0.4, 0.5) is 0 Å². The van der Waals surface area contributed by atoms with Gasteiger partial charge in [0.15, 0.2) is 5.78 Å². The summed E-state index contributed by atoms with van der Waals surface area (Å²) >= 11 is 0. The van der Waals surface area contributed by atoms with Crippen LogP contribution in [0.3, 0.4) is 0 Å². The molecule has 0 rings (SSSR count). The normalized spacial score (nSPS) is 15.7. The van der Waals surface area contributed by atoms with E-state index < -0.39 is 7.60 Å². The van der Waals surface area contributed by atoms with Gasteiger partial charge in [-0.3, -0.25) is 4.57 Å². The van der Waals surface area contributed by atoms with Crippen molar-refractivity contribution < 1.29 is 18.5 Å². The highest BCUT2D eigenvalue weighted by atomic mass is 31.2. The minimum absolute atomic E-state index is 0.341. The fraction of sp³-hybridized carbons (Fsp3) is 0.917. The van der Waals surface area contributed by atoms with Crippen LogP contribution in [-0.4, -0.2) is 42.9 Å². The molecular formula is C24H51NO3P+. The Kier molecular flexibility index (Phi) is 17.4. The maximum absolute atomic E-state index is 12.6. The van der Waals surface area contributed by atoms with E-state index in [9.17, 15) is 9.46 Å². The topological polar surface area (TPSA) is 46.5 Å². The highest BCUT2D eigenvalue weighted by Gasteiger charge is 2.41. The molecule has 0 aliphatic carbocycles. The number of hydrogen-bond acceptors (Lipinski definition) is 2. The summed E-state index contributed by atoms with van der Waals surface area (Å²) in [7, 11) is 2.32. The Morgan fingerprint density at radius 3 is 1.76 bits per heavy atom. The molecule has 5 heteroatoms. The Balaban J connectivity index is 3.67. The zero-order valence-electron chi connectivity index (χ0n) is 20.2. The fourth-order valence-electron chi connectivity index (χ4n) is 3.70. The van der Waals surface area contributed by atoms with E-state index in [0.29, 0.717) is 17.5 Å². The van der Waals surface area contributed by atoms with Gasteiger partial charge >= 0.3 is 7.60 Å². The number of hydrogen-bond donors (Lipinski definition) is 1. The van der Waals surface area contributed by atoms with Crippen molar-refractivity contribution in [3.05, 3.63) is 12.2 Å². The van der Waals surface area contributed by atoms with Crippen molar-refractivity contribution in [2.45, 2.75) is 116 Å². The smallest absolute Gasteiger partial charge is 0.320 e. The summed E-state index contributed by atoms with van der Waals surface area (Å²) in [4.78, 5) is 10.4. The summed E-state index contributed by atoms with van der Waals surface area (Å²) in [5.74, 6) is -0.341. The van der Waals surface area contributed by atoms with Gasteiger partial charge in [0, 0.05) is 6.42 Å². The quantitative estimate of drug-likeness (QED) is 0.0929. The Labute approximate surface area is 182 Å². The van der Waals surface area contributed by atoms with Gasteiger partial charge in [-0.2, -0.15) is 0 Å². The predicted octanol–water partition coefficient (Wildman–Crippen LogP) is 7.67. The molecule has 0 amide bonds. The molecule has 1 N–H and O–H groups in total. The van der Waals surface area contributed by atoms with Crippen LogP contribution in [0.5, 0.6) is 0 Å². The number of quaternary nitrogens is 1.